The van der Waals surface area contributed by atoms with Crippen LogP contribution in [0.5, 0.6) is 11.5 Å². The number of methoxy groups -OCH3 is 1. The lowest BCUT2D eigenvalue weighted by Crippen LogP contribution is -2.23. The second-order valence-corrected chi connectivity index (χ2v) is 6.25. The van der Waals surface area contributed by atoms with Crippen LogP contribution in [0.15, 0.2) is 12.1 Å². The van der Waals surface area contributed by atoms with Crippen molar-refractivity contribution in [2.75, 3.05) is 20.3 Å². The van der Waals surface area contributed by atoms with Crippen molar-refractivity contribution in [3.8, 4) is 11.5 Å². The van der Waals surface area contributed by atoms with E-state index in [1.165, 1.54) is 25.7 Å². The number of benzene rings is 1. The second kappa shape index (κ2) is 6.23. The molecule has 0 bridgehead atoms. The van der Waals surface area contributed by atoms with Crippen LogP contribution in [0.25, 0.3) is 0 Å². The smallest absolute Gasteiger partial charge is 0.162 e. The molecule has 0 aromatic heterocycles. The summed E-state index contributed by atoms with van der Waals surface area (Å²) in [5.74, 6) is 2.29. The first kappa shape index (κ1) is 14.0. The summed E-state index contributed by atoms with van der Waals surface area (Å²) in [7, 11) is 1.69. The fourth-order valence-electron chi connectivity index (χ4n) is 2.69. The third-order valence-electron chi connectivity index (χ3n) is 4.13. The van der Waals surface area contributed by atoms with Gasteiger partial charge in [-0.1, -0.05) is 11.6 Å². The van der Waals surface area contributed by atoms with Gasteiger partial charge >= 0.3 is 0 Å². The topological polar surface area (TPSA) is 30.5 Å². The Morgan fingerprint density at radius 2 is 2.10 bits per heavy atom. The molecule has 4 heteroatoms. The summed E-state index contributed by atoms with van der Waals surface area (Å²) >= 11 is 6.40. The second-order valence-electron chi connectivity index (χ2n) is 5.85. The van der Waals surface area contributed by atoms with Crippen molar-refractivity contribution in [2.24, 2.45) is 5.92 Å². The minimum absolute atomic E-state index is 0.537. The van der Waals surface area contributed by atoms with E-state index in [9.17, 15) is 0 Å². The third-order valence-corrected chi connectivity index (χ3v) is 4.48. The Labute approximate surface area is 125 Å². The first-order valence-electron chi connectivity index (χ1n) is 7.49. The van der Waals surface area contributed by atoms with Gasteiger partial charge in [-0.15, -0.1) is 0 Å². The molecule has 1 atom stereocenters. The van der Waals surface area contributed by atoms with E-state index >= 15 is 0 Å². The zero-order valence-corrected chi connectivity index (χ0v) is 12.7. The summed E-state index contributed by atoms with van der Waals surface area (Å²) in [5, 5.41) is 4.28. The number of nitrogens with one attached hydrogen (secondary N) is 1. The van der Waals surface area contributed by atoms with Gasteiger partial charge in [-0.3, -0.25) is 0 Å². The highest BCUT2D eigenvalue weighted by Crippen LogP contribution is 2.36. The lowest BCUT2D eigenvalue weighted by molar-refractivity contribution is 0.280. The van der Waals surface area contributed by atoms with Gasteiger partial charge in [0.05, 0.1) is 13.7 Å². The van der Waals surface area contributed by atoms with Gasteiger partial charge < -0.3 is 14.8 Å². The number of halogens is 1. The van der Waals surface area contributed by atoms with Crippen molar-refractivity contribution < 1.29 is 9.47 Å². The summed E-state index contributed by atoms with van der Waals surface area (Å²) in [6.45, 7) is 1.89. The summed E-state index contributed by atoms with van der Waals surface area (Å²) in [6, 6.07) is 4.48. The van der Waals surface area contributed by atoms with Gasteiger partial charge in [0, 0.05) is 17.1 Å². The minimum Gasteiger partial charge on any atom is -0.493 e. The molecule has 110 valence electrons. The van der Waals surface area contributed by atoms with Gasteiger partial charge in [0.2, 0.25) is 0 Å². The molecule has 3 nitrogen and oxygen atoms in total. The zero-order chi connectivity index (χ0) is 13.9. The summed E-state index contributed by atoms with van der Waals surface area (Å²) in [4.78, 5) is 0. The van der Waals surface area contributed by atoms with E-state index in [0.29, 0.717) is 6.04 Å². The monoisotopic (exact) mass is 295 g/mol. The van der Waals surface area contributed by atoms with E-state index in [2.05, 4.69) is 5.32 Å². The van der Waals surface area contributed by atoms with Gasteiger partial charge in [0.25, 0.3) is 0 Å². The highest BCUT2D eigenvalue weighted by molar-refractivity contribution is 6.31. The predicted octanol–water partition coefficient (Wildman–Crippen LogP) is 3.43. The molecular weight excluding hydrogens is 274 g/mol. The van der Waals surface area contributed by atoms with Crippen LogP contribution in [-0.4, -0.2) is 26.3 Å². The lowest BCUT2D eigenvalue weighted by Gasteiger charge is -2.16. The molecular formula is C16H22ClNO2. The molecule has 1 aliphatic carbocycles. The molecule has 1 saturated carbocycles. The van der Waals surface area contributed by atoms with Crippen LogP contribution in [0.4, 0.5) is 0 Å². The maximum absolute atomic E-state index is 6.40. The van der Waals surface area contributed by atoms with Gasteiger partial charge in [-0.05, 0) is 56.2 Å². The van der Waals surface area contributed by atoms with E-state index in [0.717, 1.165) is 47.6 Å². The predicted molar refractivity (Wildman–Crippen MR) is 81.0 cm³/mol. The third kappa shape index (κ3) is 3.39. The summed E-state index contributed by atoms with van der Waals surface area (Å²) in [6.07, 6.45) is 5.99. The van der Waals surface area contributed by atoms with E-state index in [1.54, 1.807) is 7.11 Å². The first-order chi connectivity index (χ1) is 9.76. The summed E-state index contributed by atoms with van der Waals surface area (Å²) < 4.78 is 11.3. The first-order valence-corrected chi connectivity index (χ1v) is 7.86. The molecule has 0 spiro atoms. The Hall–Kier alpha value is -0.930. The van der Waals surface area contributed by atoms with Crippen LogP contribution in [0.2, 0.25) is 5.02 Å². The molecule has 1 aromatic carbocycles. The van der Waals surface area contributed by atoms with Crippen LogP contribution in [0.3, 0.4) is 0 Å². The van der Waals surface area contributed by atoms with Crippen LogP contribution >= 0.6 is 11.6 Å². The number of ether oxygens (including phenoxy) is 2. The molecule has 1 heterocycles. The maximum atomic E-state index is 6.40. The highest BCUT2D eigenvalue weighted by atomic mass is 35.5. The van der Waals surface area contributed by atoms with Crippen molar-refractivity contribution in [3.05, 3.63) is 22.7 Å². The van der Waals surface area contributed by atoms with Crippen molar-refractivity contribution >= 4 is 11.6 Å². The maximum Gasteiger partial charge on any atom is 0.162 e. The zero-order valence-electron chi connectivity index (χ0n) is 12.0. The van der Waals surface area contributed by atoms with Gasteiger partial charge in [-0.2, -0.15) is 0 Å². The molecule has 0 amide bonds. The molecule has 0 radical (unpaired) electrons. The van der Waals surface area contributed by atoms with E-state index in [4.69, 9.17) is 21.1 Å². The lowest BCUT2D eigenvalue weighted by atomic mass is 10.0. The van der Waals surface area contributed by atoms with E-state index in [-0.39, 0.29) is 0 Å². The van der Waals surface area contributed by atoms with E-state index < -0.39 is 0 Å². The van der Waals surface area contributed by atoms with Gasteiger partial charge in [-0.25, -0.2) is 0 Å². The molecule has 1 aliphatic heterocycles. The molecule has 1 saturated heterocycles. The van der Waals surface area contributed by atoms with Gasteiger partial charge in [0.1, 0.15) is 0 Å². The molecule has 1 N–H and O–H groups in total. The largest absolute Gasteiger partial charge is 0.493 e. The standard InChI is InChI=1S/C16H22ClNO2/c1-19-15-8-12(7-13-3-2-6-18-13)14(17)9-16(15)20-10-11-4-5-11/h8-9,11,13,18H,2-7,10H2,1H3. The fourth-order valence-corrected chi connectivity index (χ4v) is 2.93. The fraction of sp³-hybridized carbons (Fsp3) is 0.625. The van der Waals surface area contributed by atoms with Crippen molar-refractivity contribution in [3.63, 3.8) is 0 Å². The molecule has 2 aliphatic rings. The van der Waals surface area contributed by atoms with Crippen LogP contribution < -0.4 is 14.8 Å². The highest BCUT2D eigenvalue weighted by Gasteiger charge is 2.23. The molecule has 20 heavy (non-hydrogen) atoms. The molecule has 1 unspecified atom stereocenters. The SMILES string of the molecule is COc1cc(CC2CCCN2)c(Cl)cc1OCC1CC1. The average molecular weight is 296 g/mol. The summed E-state index contributed by atoms with van der Waals surface area (Å²) in [5.41, 5.74) is 1.14. The Balaban J connectivity index is 1.72. The number of hydrogen-bond donors (Lipinski definition) is 1. The van der Waals surface area contributed by atoms with Crippen LogP contribution in [-0.2, 0) is 6.42 Å². The minimum atomic E-state index is 0.537. The van der Waals surface area contributed by atoms with Crippen molar-refractivity contribution in [2.45, 2.75) is 38.1 Å². The van der Waals surface area contributed by atoms with Crippen LogP contribution in [0, 0.1) is 5.92 Å². The quantitative estimate of drug-likeness (QED) is 0.872. The van der Waals surface area contributed by atoms with Crippen LogP contribution in [0.1, 0.15) is 31.2 Å². The Kier molecular flexibility index (Phi) is 4.37. The normalized spacial score (nSPS) is 22.0. The number of rotatable bonds is 6. The Bertz CT molecular complexity index is 468. The van der Waals surface area contributed by atoms with Gasteiger partial charge in [0.15, 0.2) is 11.5 Å². The van der Waals surface area contributed by atoms with Crippen molar-refractivity contribution in [1.29, 1.82) is 0 Å². The Morgan fingerprint density at radius 3 is 2.75 bits per heavy atom. The van der Waals surface area contributed by atoms with Crippen molar-refractivity contribution in [1.82, 2.24) is 5.32 Å². The van der Waals surface area contributed by atoms with E-state index in [1.807, 2.05) is 12.1 Å². The average Bonchev–Trinajstić information content (AvgIpc) is 3.14. The Morgan fingerprint density at radius 1 is 1.25 bits per heavy atom. The number of hydrogen-bond acceptors (Lipinski definition) is 3. The molecule has 2 fully saturated rings. The molecule has 1 aromatic rings. The molecule has 3 rings (SSSR count).